The number of nitrogens with two attached hydrogens (primary N) is 2. The third-order valence-corrected chi connectivity index (χ3v) is 6.98. The van der Waals surface area contributed by atoms with Crippen LogP contribution in [0.15, 0.2) is 107 Å². The fourth-order valence-electron chi connectivity index (χ4n) is 3.25. The predicted molar refractivity (Wildman–Crippen MR) is 136 cm³/mol. The van der Waals surface area contributed by atoms with Crippen LogP contribution < -0.4 is 22.1 Å². The first-order chi connectivity index (χ1) is 16.7. The van der Waals surface area contributed by atoms with Gasteiger partial charge in [0.2, 0.25) is 9.84 Å². The van der Waals surface area contributed by atoms with Crippen molar-refractivity contribution in [3.63, 3.8) is 0 Å². The third kappa shape index (κ3) is 5.48. The van der Waals surface area contributed by atoms with Crippen LogP contribution in [0.4, 0.5) is 22.7 Å². The predicted octanol–water partition coefficient (Wildman–Crippen LogP) is 4.19. The lowest BCUT2D eigenvalue weighted by Crippen LogP contribution is -2.12. The Morgan fingerprint density at radius 1 is 0.514 bits per heavy atom. The Morgan fingerprint density at radius 3 is 1.14 bits per heavy atom. The number of hydrogen-bond acceptors (Lipinski definition) is 6. The van der Waals surface area contributed by atoms with E-state index >= 15 is 0 Å². The minimum absolute atomic E-state index is 0.0710. The zero-order chi connectivity index (χ0) is 25.0. The van der Waals surface area contributed by atoms with Crippen LogP contribution in [0.2, 0.25) is 0 Å². The summed E-state index contributed by atoms with van der Waals surface area (Å²) >= 11 is 0. The van der Waals surface area contributed by atoms with Gasteiger partial charge in [-0.15, -0.1) is 0 Å². The Labute approximate surface area is 202 Å². The molecule has 0 radical (unpaired) electrons. The summed E-state index contributed by atoms with van der Waals surface area (Å²) in [6.45, 7) is 0. The van der Waals surface area contributed by atoms with E-state index in [1.54, 1.807) is 48.5 Å². The summed E-state index contributed by atoms with van der Waals surface area (Å²) in [5.74, 6) is -0.672. The first kappa shape index (κ1) is 23.5. The number of nitrogens with one attached hydrogen (secondary N) is 2. The molecule has 8 nitrogen and oxygen atoms in total. The number of hydrogen-bond donors (Lipinski definition) is 4. The number of carbonyl (C=O) groups is 2. The molecule has 4 rings (SSSR count). The molecule has 4 aromatic rings. The zero-order valence-electron chi connectivity index (χ0n) is 18.4. The van der Waals surface area contributed by atoms with Crippen molar-refractivity contribution >= 4 is 44.4 Å². The second-order valence-electron chi connectivity index (χ2n) is 7.70. The minimum Gasteiger partial charge on any atom is -0.399 e. The standard InChI is InChI=1S/C26H22N4O4S/c27-19-5-1-17(2-6-19)25(31)29-21-9-13-23(14-10-21)35(33,34)24-15-11-22(12-16-24)30-26(32)18-3-7-20(28)8-4-18/h1-16H,27-28H2,(H,29,31)(H,30,32). The first-order valence-corrected chi connectivity index (χ1v) is 12.0. The molecule has 4 aromatic carbocycles. The van der Waals surface area contributed by atoms with Gasteiger partial charge in [-0.25, -0.2) is 8.42 Å². The number of rotatable bonds is 6. The Morgan fingerprint density at radius 2 is 0.829 bits per heavy atom. The molecule has 0 bridgehead atoms. The Balaban J connectivity index is 1.44. The van der Waals surface area contributed by atoms with Crippen LogP contribution in [0.5, 0.6) is 0 Å². The number of anilines is 4. The van der Waals surface area contributed by atoms with Crippen LogP contribution in [0, 0.1) is 0 Å². The molecule has 0 fully saturated rings. The van der Waals surface area contributed by atoms with Crippen molar-refractivity contribution in [2.75, 3.05) is 22.1 Å². The fraction of sp³-hybridized carbons (Fsp3) is 0. The Bertz CT molecular complexity index is 1360. The van der Waals surface area contributed by atoms with Crippen LogP contribution in [-0.4, -0.2) is 20.2 Å². The summed E-state index contributed by atoms with van der Waals surface area (Å²) in [5.41, 5.74) is 14.1. The lowest BCUT2D eigenvalue weighted by atomic mass is 10.2. The van der Waals surface area contributed by atoms with Crippen molar-refractivity contribution in [2.24, 2.45) is 0 Å². The van der Waals surface area contributed by atoms with Crippen LogP contribution in [0.25, 0.3) is 0 Å². The van der Waals surface area contributed by atoms with Crippen LogP contribution in [0.3, 0.4) is 0 Å². The van der Waals surface area contributed by atoms with Crippen molar-refractivity contribution < 1.29 is 18.0 Å². The van der Waals surface area contributed by atoms with Gasteiger partial charge in [-0.2, -0.15) is 0 Å². The van der Waals surface area contributed by atoms with Gasteiger partial charge in [0.1, 0.15) is 0 Å². The normalized spacial score (nSPS) is 11.0. The van der Waals surface area contributed by atoms with Crippen LogP contribution in [-0.2, 0) is 9.84 Å². The van der Waals surface area contributed by atoms with Gasteiger partial charge in [0.25, 0.3) is 11.8 Å². The number of carbonyl (C=O) groups excluding carboxylic acids is 2. The molecule has 176 valence electrons. The van der Waals surface area contributed by atoms with Crippen molar-refractivity contribution in [2.45, 2.75) is 9.79 Å². The summed E-state index contributed by atoms with van der Waals surface area (Å²) in [5, 5.41) is 5.43. The average Bonchev–Trinajstić information content (AvgIpc) is 2.85. The number of nitrogen functional groups attached to an aromatic ring is 2. The molecule has 0 aliphatic heterocycles. The first-order valence-electron chi connectivity index (χ1n) is 10.5. The van der Waals surface area contributed by atoms with Gasteiger partial charge in [-0.1, -0.05) is 0 Å². The highest BCUT2D eigenvalue weighted by atomic mass is 32.2. The van der Waals surface area contributed by atoms with Gasteiger partial charge in [0, 0.05) is 33.9 Å². The summed E-state index contributed by atoms with van der Waals surface area (Å²) in [6.07, 6.45) is 0. The topological polar surface area (TPSA) is 144 Å². The van der Waals surface area contributed by atoms with Crippen LogP contribution in [0.1, 0.15) is 20.7 Å². The maximum absolute atomic E-state index is 13.0. The van der Waals surface area contributed by atoms with E-state index in [0.717, 1.165) is 0 Å². The molecule has 0 spiro atoms. The van der Waals surface area contributed by atoms with Crippen molar-refractivity contribution in [3.8, 4) is 0 Å². The summed E-state index contributed by atoms with van der Waals surface area (Å²) in [6, 6.07) is 24.7. The smallest absolute Gasteiger partial charge is 0.255 e. The maximum atomic E-state index is 13.0. The molecule has 9 heteroatoms. The van der Waals surface area contributed by atoms with Gasteiger partial charge in [-0.05, 0) is 97.1 Å². The van der Waals surface area contributed by atoms with E-state index in [-0.39, 0.29) is 21.6 Å². The third-order valence-electron chi connectivity index (χ3n) is 5.19. The summed E-state index contributed by atoms with van der Waals surface area (Å²) in [4.78, 5) is 24.8. The van der Waals surface area contributed by atoms with Crippen molar-refractivity contribution in [1.29, 1.82) is 0 Å². The van der Waals surface area contributed by atoms with E-state index in [1.807, 2.05) is 0 Å². The number of sulfone groups is 1. The lowest BCUT2D eigenvalue weighted by Gasteiger charge is -2.09. The van der Waals surface area contributed by atoms with E-state index in [0.29, 0.717) is 33.9 Å². The van der Waals surface area contributed by atoms with E-state index in [2.05, 4.69) is 10.6 Å². The molecule has 0 unspecified atom stereocenters. The monoisotopic (exact) mass is 486 g/mol. The maximum Gasteiger partial charge on any atom is 0.255 e. The minimum atomic E-state index is -3.80. The number of amides is 2. The SMILES string of the molecule is Nc1ccc(C(=O)Nc2ccc(S(=O)(=O)c3ccc(NC(=O)c4ccc(N)cc4)cc3)cc2)cc1. The van der Waals surface area contributed by atoms with Crippen LogP contribution >= 0.6 is 0 Å². The molecule has 0 heterocycles. The zero-order valence-corrected chi connectivity index (χ0v) is 19.3. The van der Waals surface area contributed by atoms with E-state index in [4.69, 9.17) is 11.5 Å². The Kier molecular flexibility index (Phi) is 6.52. The second kappa shape index (κ2) is 9.70. The molecular formula is C26H22N4O4S. The molecule has 2 amide bonds. The fourth-order valence-corrected chi connectivity index (χ4v) is 4.51. The molecular weight excluding hydrogens is 464 g/mol. The highest BCUT2D eigenvalue weighted by Crippen LogP contribution is 2.24. The molecule has 0 aliphatic carbocycles. The summed E-state index contributed by atoms with van der Waals surface area (Å²) in [7, 11) is -3.80. The molecule has 0 aromatic heterocycles. The number of benzene rings is 4. The molecule has 35 heavy (non-hydrogen) atoms. The quantitative estimate of drug-likeness (QED) is 0.301. The van der Waals surface area contributed by atoms with Gasteiger partial charge in [0.05, 0.1) is 9.79 Å². The van der Waals surface area contributed by atoms with E-state index in [9.17, 15) is 18.0 Å². The van der Waals surface area contributed by atoms with Crippen molar-refractivity contribution in [1.82, 2.24) is 0 Å². The molecule has 6 N–H and O–H groups in total. The molecule has 0 saturated carbocycles. The van der Waals surface area contributed by atoms with Gasteiger partial charge < -0.3 is 22.1 Å². The highest BCUT2D eigenvalue weighted by molar-refractivity contribution is 7.91. The van der Waals surface area contributed by atoms with Gasteiger partial charge in [-0.3, -0.25) is 9.59 Å². The van der Waals surface area contributed by atoms with E-state index in [1.165, 1.54) is 48.5 Å². The highest BCUT2D eigenvalue weighted by Gasteiger charge is 2.18. The average molecular weight is 487 g/mol. The molecule has 0 atom stereocenters. The van der Waals surface area contributed by atoms with Gasteiger partial charge >= 0.3 is 0 Å². The molecule has 0 saturated heterocycles. The summed E-state index contributed by atoms with van der Waals surface area (Å²) < 4.78 is 26.0. The van der Waals surface area contributed by atoms with E-state index < -0.39 is 9.84 Å². The lowest BCUT2D eigenvalue weighted by molar-refractivity contribution is 0.101. The van der Waals surface area contributed by atoms with Gasteiger partial charge in [0.15, 0.2) is 0 Å². The second-order valence-corrected chi connectivity index (χ2v) is 9.65. The molecule has 0 aliphatic rings. The largest absolute Gasteiger partial charge is 0.399 e. The Hall–Kier alpha value is -4.63. The van der Waals surface area contributed by atoms with Crippen molar-refractivity contribution in [3.05, 3.63) is 108 Å².